The highest BCUT2D eigenvalue weighted by Gasteiger charge is 2.19. The lowest BCUT2D eigenvalue weighted by Gasteiger charge is -2.05. The van der Waals surface area contributed by atoms with E-state index in [1.54, 1.807) is 23.6 Å². The molecule has 23 heavy (non-hydrogen) atoms. The standard InChI is InChI=1S/C16H19N5O2/c1-5-7-9-20-14(22)12-13(18(4)16(20)23)17-15-19(8-6-2)11(3)10-21(12)15/h5-7,10H,2,8-9H2,1,3-4H3/b7-5+. The first-order valence-corrected chi connectivity index (χ1v) is 7.41. The number of aromatic nitrogens is 5. The highest BCUT2D eigenvalue weighted by molar-refractivity contribution is 5.75. The summed E-state index contributed by atoms with van der Waals surface area (Å²) in [6.45, 7) is 8.38. The van der Waals surface area contributed by atoms with E-state index in [4.69, 9.17) is 0 Å². The third kappa shape index (κ3) is 2.08. The Bertz CT molecular complexity index is 1060. The molecule has 3 heterocycles. The van der Waals surface area contributed by atoms with E-state index in [1.807, 2.05) is 30.7 Å². The molecule has 7 heteroatoms. The molecule has 3 aromatic heterocycles. The fraction of sp³-hybridized carbons (Fsp3) is 0.312. The fourth-order valence-electron chi connectivity index (χ4n) is 2.78. The molecule has 7 nitrogen and oxygen atoms in total. The first-order chi connectivity index (χ1) is 11.0. The van der Waals surface area contributed by atoms with Gasteiger partial charge in [0.1, 0.15) is 0 Å². The lowest BCUT2D eigenvalue weighted by atomic mass is 10.4. The monoisotopic (exact) mass is 313 g/mol. The van der Waals surface area contributed by atoms with E-state index in [1.165, 1.54) is 9.13 Å². The van der Waals surface area contributed by atoms with Crippen molar-refractivity contribution in [3.8, 4) is 0 Å². The third-order valence-electron chi connectivity index (χ3n) is 3.98. The van der Waals surface area contributed by atoms with Crippen LogP contribution in [0.2, 0.25) is 0 Å². The minimum atomic E-state index is -0.367. The van der Waals surface area contributed by atoms with Crippen molar-refractivity contribution < 1.29 is 0 Å². The van der Waals surface area contributed by atoms with E-state index in [0.717, 1.165) is 5.69 Å². The summed E-state index contributed by atoms with van der Waals surface area (Å²) in [7, 11) is 1.63. The zero-order valence-corrected chi connectivity index (χ0v) is 13.5. The summed E-state index contributed by atoms with van der Waals surface area (Å²) in [5.74, 6) is 0.633. The molecule has 0 fully saturated rings. The summed E-state index contributed by atoms with van der Waals surface area (Å²) in [5.41, 5.74) is 1.09. The van der Waals surface area contributed by atoms with Crippen molar-refractivity contribution in [2.75, 3.05) is 0 Å². The molecule has 0 radical (unpaired) electrons. The van der Waals surface area contributed by atoms with Crippen LogP contribution in [0.1, 0.15) is 12.6 Å². The summed E-state index contributed by atoms with van der Waals surface area (Å²) in [6.07, 6.45) is 7.23. The van der Waals surface area contributed by atoms with Gasteiger partial charge in [0.15, 0.2) is 11.2 Å². The first-order valence-electron chi connectivity index (χ1n) is 7.41. The van der Waals surface area contributed by atoms with Crippen molar-refractivity contribution in [3.05, 3.63) is 57.5 Å². The predicted octanol–water partition coefficient (Wildman–Crippen LogP) is 1.22. The molecule has 3 aromatic rings. The summed E-state index contributed by atoms with van der Waals surface area (Å²) in [4.78, 5) is 29.7. The van der Waals surface area contributed by atoms with Crippen molar-refractivity contribution in [3.63, 3.8) is 0 Å². The SMILES string of the molecule is C=CCn1c(C)cn2c3c(=O)n(C/C=C/C)c(=O)n(C)c3nc12. The van der Waals surface area contributed by atoms with Gasteiger partial charge in [0.25, 0.3) is 5.56 Å². The van der Waals surface area contributed by atoms with Crippen LogP contribution in [0, 0.1) is 6.92 Å². The molecule has 0 saturated carbocycles. The van der Waals surface area contributed by atoms with Crippen LogP contribution < -0.4 is 11.2 Å². The second kappa shape index (κ2) is 5.42. The Morgan fingerprint density at radius 1 is 1.26 bits per heavy atom. The fourth-order valence-corrected chi connectivity index (χ4v) is 2.78. The topological polar surface area (TPSA) is 66.2 Å². The smallest absolute Gasteiger partial charge is 0.310 e. The van der Waals surface area contributed by atoms with E-state index >= 15 is 0 Å². The minimum Gasteiger partial charge on any atom is -0.310 e. The third-order valence-corrected chi connectivity index (χ3v) is 3.98. The van der Waals surface area contributed by atoms with Crippen LogP contribution in [0.3, 0.4) is 0 Å². The van der Waals surface area contributed by atoms with Crippen LogP contribution in [0.5, 0.6) is 0 Å². The highest BCUT2D eigenvalue weighted by Crippen LogP contribution is 2.16. The number of rotatable bonds is 4. The molecule has 0 atom stereocenters. The number of fused-ring (bicyclic) bond motifs is 3. The predicted molar refractivity (Wildman–Crippen MR) is 89.9 cm³/mol. The van der Waals surface area contributed by atoms with Gasteiger partial charge in [-0.3, -0.25) is 18.3 Å². The minimum absolute atomic E-state index is 0.248. The van der Waals surface area contributed by atoms with Gasteiger partial charge in [0, 0.05) is 32.0 Å². The molecule has 0 unspecified atom stereocenters. The van der Waals surface area contributed by atoms with Gasteiger partial charge in [-0.1, -0.05) is 18.2 Å². The number of allylic oxidation sites excluding steroid dienone is 3. The zero-order valence-electron chi connectivity index (χ0n) is 13.5. The Labute approximate surface area is 132 Å². The molecule has 3 rings (SSSR count). The van der Waals surface area contributed by atoms with E-state index in [-0.39, 0.29) is 17.8 Å². The van der Waals surface area contributed by atoms with Gasteiger partial charge >= 0.3 is 5.69 Å². The van der Waals surface area contributed by atoms with Gasteiger partial charge in [-0.15, -0.1) is 6.58 Å². The molecular formula is C16H19N5O2. The molecule has 120 valence electrons. The Morgan fingerprint density at radius 3 is 2.65 bits per heavy atom. The van der Waals surface area contributed by atoms with E-state index in [0.29, 0.717) is 23.5 Å². The lowest BCUT2D eigenvalue weighted by molar-refractivity contribution is 0.666. The van der Waals surface area contributed by atoms with Gasteiger partial charge < -0.3 is 4.57 Å². The maximum absolute atomic E-state index is 12.8. The first kappa shape index (κ1) is 15.1. The van der Waals surface area contributed by atoms with Crippen LogP contribution in [0.4, 0.5) is 0 Å². The van der Waals surface area contributed by atoms with Crippen LogP contribution in [-0.2, 0) is 20.1 Å². The number of imidazole rings is 2. The number of aryl methyl sites for hydroxylation is 2. The second-order valence-electron chi connectivity index (χ2n) is 5.45. The molecule has 0 saturated heterocycles. The maximum atomic E-state index is 12.8. The molecule has 0 N–H and O–H groups in total. The quantitative estimate of drug-likeness (QED) is 0.680. The number of hydrogen-bond acceptors (Lipinski definition) is 3. The lowest BCUT2D eigenvalue weighted by Crippen LogP contribution is -2.39. The molecule has 0 spiro atoms. The van der Waals surface area contributed by atoms with Crippen molar-refractivity contribution >= 4 is 16.9 Å². The van der Waals surface area contributed by atoms with E-state index < -0.39 is 0 Å². The van der Waals surface area contributed by atoms with Gasteiger partial charge in [-0.2, -0.15) is 4.98 Å². The molecule has 0 bridgehead atoms. The molecular weight excluding hydrogens is 294 g/mol. The van der Waals surface area contributed by atoms with Crippen molar-refractivity contribution in [2.45, 2.75) is 26.9 Å². The van der Waals surface area contributed by atoms with E-state index in [2.05, 4.69) is 11.6 Å². The van der Waals surface area contributed by atoms with Crippen molar-refractivity contribution in [1.29, 1.82) is 0 Å². The Kier molecular flexibility index (Phi) is 3.55. The Morgan fingerprint density at radius 2 is 2.00 bits per heavy atom. The molecule has 0 aliphatic heterocycles. The van der Waals surface area contributed by atoms with Gasteiger partial charge in [-0.05, 0) is 13.8 Å². The van der Waals surface area contributed by atoms with Gasteiger partial charge in [-0.25, -0.2) is 4.79 Å². The summed E-state index contributed by atoms with van der Waals surface area (Å²) in [6, 6.07) is 0. The Hall–Kier alpha value is -2.83. The molecule has 0 amide bonds. The van der Waals surface area contributed by atoms with Crippen molar-refractivity contribution in [2.24, 2.45) is 7.05 Å². The molecule has 0 aliphatic rings. The molecule has 0 aliphatic carbocycles. The normalized spacial score (nSPS) is 12.0. The van der Waals surface area contributed by atoms with Crippen LogP contribution in [0.25, 0.3) is 16.9 Å². The summed E-state index contributed by atoms with van der Waals surface area (Å²) < 4.78 is 6.34. The average molecular weight is 313 g/mol. The van der Waals surface area contributed by atoms with Gasteiger partial charge in [0.05, 0.1) is 0 Å². The van der Waals surface area contributed by atoms with Gasteiger partial charge in [0.2, 0.25) is 5.78 Å². The van der Waals surface area contributed by atoms with E-state index in [9.17, 15) is 9.59 Å². The summed E-state index contributed by atoms with van der Waals surface area (Å²) in [5, 5.41) is 0. The summed E-state index contributed by atoms with van der Waals surface area (Å²) >= 11 is 0. The zero-order chi connectivity index (χ0) is 16.7. The van der Waals surface area contributed by atoms with Crippen molar-refractivity contribution in [1.82, 2.24) is 23.1 Å². The maximum Gasteiger partial charge on any atom is 0.332 e. The largest absolute Gasteiger partial charge is 0.332 e. The second-order valence-corrected chi connectivity index (χ2v) is 5.45. The average Bonchev–Trinajstić information content (AvgIpc) is 3.02. The van der Waals surface area contributed by atoms with Crippen LogP contribution in [-0.4, -0.2) is 23.1 Å². The van der Waals surface area contributed by atoms with Crippen LogP contribution in [0.15, 0.2) is 40.6 Å². The highest BCUT2D eigenvalue weighted by atomic mass is 16.2. The Balaban J connectivity index is 2.47. The number of hydrogen-bond donors (Lipinski definition) is 0. The number of nitrogens with zero attached hydrogens (tertiary/aromatic N) is 5. The van der Waals surface area contributed by atoms with Crippen LogP contribution >= 0.6 is 0 Å². The molecule has 0 aromatic carbocycles.